The Morgan fingerprint density at radius 2 is 2.09 bits per heavy atom. The van der Waals surface area contributed by atoms with Gasteiger partial charge in [0.25, 0.3) is 0 Å². The van der Waals surface area contributed by atoms with E-state index in [9.17, 15) is 0 Å². The van der Waals surface area contributed by atoms with Gasteiger partial charge in [0.05, 0.1) is 0 Å². The Bertz CT molecular complexity index is 284. The lowest BCUT2D eigenvalue weighted by molar-refractivity contribution is 0.772. The molecule has 0 unspecified atom stereocenters. The first-order valence-corrected chi connectivity index (χ1v) is 4.13. The highest BCUT2D eigenvalue weighted by molar-refractivity contribution is 5.57. The molecule has 0 saturated heterocycles. The molecule has 0 bridgehead atoms. The fourth-order valence-electron chi connectivity index (χ4n) is 1.64. The number of allylic oxidation sites excluding steroid dienone is 1. The van der Waals surface area contributed by atoms with Gasteiger partial charge in [0.2, 0.25) is 0 Å². The largest absolute Gasteiger partial charge is 0.0833 e. The molecule has 0 heteroatoms. The summed E-state index contributed by atoms with van der Waals surface area (Å²) in [6.45, 7) is 2.28. The van der Waals surface area contributed by atoms with Crippen LogP contribution in [0.3, 0.4) is 0 Å². The Hall–Kier alpha value is -1.04. The summed E-state index contributed by atoms with van der Waals surface area (Å²) in [5, 5.41) is 0. The van der Waals surface area contributed by atoms with Gasteiger partial charge in [-0.15, -0.1) is 0 Å². The molecule has 1 aliphatic carbocycles. The van der Waals surface area contributed by atoms with Crippen LogP contribution in [0.25, 0.3) is 6.08 Å². The van der Waals surface area contributed by atoms with E-state index in [0.29, 0.717) is 5.92 Å². The van der Waals surface area contributed by atoms with Crippen LogP contribution < -0.4 is 0 Å². The van der Waals surface area contributed by atoms with Gasteiger partial charge < -0.3 is 0 Å². The first kappa shape index (κ1) is 6.66. The summed E-state index contributed by atoms with van der Waals surface area (Å²) in [6.07, 6.45) is 5.67. The Morgan fingerprint density at radius 1 is 1.27 bits per heavy atom. The monoisotopic (exact) mass is 144 g/mol. The van der Waals surface area contributed by atoms with Crippen LogP contribution in [0.2, 0.25) is 0 Å². The minimum atomic E-state index is 0.705. The van der Waals surface area contributed by atoms with Crippen LogP contribution in [0.1, 0.15) is 30.4 Å². The van der Waals surface area contributed by atoms with E-state index in [0.717, 1.165) is 0 Å². The summed E-state index contributed by atoms with van der Waals surface area (Å²) in [5.74, 6) is 0.705. The van der Waals surface area contributed by atoms with Gasteiger partial charge in [0, 0.05) is 0 Å². The molecule has 0 N–H and O–H groups in total. The summed E-state index contributed by atoms with van der Waals surface area (Å²) >= 11 is 0. The van der Waals surface area contributed by atoms with Crippen LogP contribution in [0.4, 0.5) is 0 Å². The van der Waals surface area contributed by atoms with Crippen molar-refractivity contribution in [2.24, 2.45) is 0 Å². The van der Waals surface area contributed by atoms with Gasteiger partial charge in [-0.25, -0.2) is 0 Å². The Balaban J connectivity index is 2.54. The number of benzene rings is 1. The van der Waals surface area contributed by atoms with Crippen molar-refractivity contribution in [1.82, 2.24) is 0 Å². The molecule has 11 heavy (non-hydrogen) atoms. The second kappa shape index (κ2) is 2.54. The third kappa shape index (κ3) is 1.09. The zero-order chi connectivity index (χ0) is 7.68. The standard InChI is InChI=1S/C11H12/c1-9-5-4-7-10-6-2-3-8-11(9)10/h2-4,6-9H,5H2,1H3/t9-/m1/s1. The van der Waals surface area contributed by atoms with Gasteiger partial charge in [-0.3, -0.25) is 0 Å². The van der Waals surface area contributed by atoms with Crippen molar-refractivity contribution in [1.29, 1.82) is 0 Å². The van der Waals surface area contributed by atoms with Crippen molar-refractivity contribution >= 4 is 6.08 Å². The molecule has 0 heterocycles. The summed E-state index contributed by atoms with van der Waals surface area (Å²) < 4.78 is 0. The smallest absolute Gasteiger partial charge is 0.0150 e. The van der Waals surface area contributed by atoms with Gasteiger partial charge in [-0.2, -0.15) is 0 Å². The van der Waals surface area contributed by atoms with E-state index in [1.54, 1.807) is 0 Å². The number of hydrogen-bond donors (Lipinski definition) is 0. The van der Waals surface area contributed by atoms with Gasteiger partial charge in [-0.05, 0) is 23.5 Å². The molecule has 0 amide bonds. The molecule has 0 aromatic heterocycles. The highest BCUT2D eigenvalue weighted by Crippen LogP contribution is 2.28. The molecule has 0 radical (unpaired) electrons. The Kier molecular flexibility index (Phi) is 1.54. The molecule has 2 rings (SSSR count). The van der Waals surface area contributed by atoms with E-state index in [4.69, 9.17) is 0 Å². The van der Waals surface area contributed by atoms with Crippen LogP contribution in [0, 0.1) is 0 Å². The molecular weight excluding hydrogens is 132 g/mol. The molecular formula is C11H12. The molecule has 0 aliphatic heterocycles. The van der Waals surface area contributed by atoms with Crippen molar-refractivity contribution in [2.45, 2.75) is 19.3 Å². The minimum absolute atomic E-state index is 0.705. The zero-order valence-corrected chi connectivity index (χ0v) is 6.75. The predicted octanol–water partition coefficient (Wildman–Crippen LogP) is 3.21. The van der Waals surface area contributed by atoms with Crippen molar-refractivity contribution < 1.29 is 0 Å². The maximum absolute atomic E-state index is 2.28. The topological polar surface area (TPSA) is 0 Å². The maximum atomic E-state index is 2.28. The van der Waals surface area contributed by atoms with E-state index >= 15 is 0 Å². The quantitative estimate of drug-likeness (QED) is 0.524. The number of hydrogen-bond acceptors (Lipinski definition) is 0. The molecule has 0 nitrogen and oxygen atoms in total. The highest BCUT2D eigenvalue weighted by atomic mass is 14.1. The third-order valence-electron chi connectivity index (χ3n) is 2.31. The molecule has 1 aliphatic rings. The molecule has 0 fully saturated rings. The lowest BCUT2D eigenvalue weighted by atomic mass is 9.89. The lowest BCUT2D eigenvalue weighted by Gasteiger charge is -2.16. The van der Waals surface area contributed by atoms with Crippen LogP contribution in [0.15, 0.2) is 30.3 Å². The van der Waals surface area contributed by atoms with Crippen molar-refractivity contribution in [2.75, 3.05) is 0 Å². The van der Waals surface area contributed by atoms with Gasteiger partial charge in [-0.1, -0.05) is 43.3 Å². The summed E-state index contributed by atoms with van der Waals surface area (Å²) in [7, 11) is 0. The van der Waals surface area contributed by atoms with Crippen molar-refractivity contribution in [3.63, 3.8) is 0 Å². The maximum Gasteiger partial charge on any atom is -0.0150 e. The van der Waals surface area contributed by atoms with Gasteiger partial charge >= 0.3 is 0 Å². The van der Waals surface area contributed by atoms with Crippen molar-refractivity contribution in [3.8, 4) is 0 Å². The number of fused-ring (bicyclic) bond motifs is 1. The van der Waals surface area contributed by atoms with E-state index < -0.39 is 0 Å². The fourth-order valence-corrected chi connectivity index (χ4v) is 1.64. The normalized spacial score (nSPS) is 21.4. The first-order chi connectivity index (χ1) is 5.38. The molecule has 56 valence electrons. The van der Waals surface area contributed by atoms with Crippen LogP contribution in [-0.2, 0) is 0 Å². The van der Waals surface area contributed by atoms with Crippen LogP contribution in [0.5, 0.6) is 0 Å². The van der Waals surface area contributed by atoms with Gasteiger partial charge in [0.1, 0.15) is 0 Å². The lowest BCUT2D eigenvalue weighted by Crippen LogP contribution is -1.98. The van der Waals surface area contributed by atoms with E-state index in [1.807, 2.05) is 0 Å². The molecule has 0 saturated carbocycles. The summed E-state index contributed by atoms with van der Waals surface area (Å²) in [5.41, 5.74) is 2.89. The zero-order valence-electron chi connectivity index (χ0n) is 6.75. The van der Waals surface area contributed by atoms with Gasteiger partial charge in [0.15, 0.2) is 0 Å². The fraction of sp³-hybridized carbons (Fsp3) is 0.273. The van der Waals surface area contributed by atoms with Crippen LogP contribution >= 0.6 is 0 Å². The minimum Gasteiger partial charge on any atom is -0.0833 e. The SMILES string of the molecule is C[C@@H]1CC=Cc2ccccc21. The molecule has 1 aromatic rings. The van der Waals surface area contributed by atoms with E-state index in [1.165, 1.54) is 17.5 Å². The van der Waals surface area contributed by atoms with Crippen LogP contribution in [-0.4, -0.2) is 0 Å². The predicted molar refractivity (Wildman–Crippen MR) is 48.5 cm³/mol. The average molecular weight is 144 g/mol. The molecule has 1 atom stereocenters. The van der Waals surface area contributed by atoms with E-state index in [2.05, 4.69) is 43.3 Å². The summed E-state index contributed by atoms with van der Waals surface area (Å²) in [4.78, 5) is 0. The molecule has 0 spiro atoms. The average Bonchev–Trinajstić information content (AvgIpc) is 2.06. The first-order valence-electron chi connectivity index (χ1n) is 4.13. The second-order valence-electron chi connectivity index (χ2n) is 3.17. The second-order valence-corrected chi connectivity index (χ2v) is 3.17. The van der Waals surface area contributed by atoms with Crippen molar-refractivity contribution in [3.05, 3.63) is 41.5 Å². The number of rotatable bonds is 0. The van der Waals surface area contributed by atoms with E-state index in [-0.39, 0.29) is 0 Å². The molecule has 1 aromatic carbocycles. The Morgan fingerprint density at radius 3 is 2.91 bits per heavy atom. The highest BCUT2D eigenvalue weighted by Gasteiger charge is 2.09. The Labute approximate surface area is 67.6 Å². The third-order valence-corrected chi connectivity index (χ3v) is 2.31. The summed E-state index contributed by atoms with van der Waals surface area (Å²) in [6, 6.07) is 8.63.